The number of hydrogen-bond donors (Lipinski definition) is 1. The zero-order valence-corrected chi connectivity index (χ0v) is 15.4. The summed E-state index contributed by atoms with van der Waals surface area (Å²) < 4.78 is 2.49. The first kappa shape index (κ1) is 15.7. The van der Waals surface area contributed by atoms with Gasteiger partial charge in [0.25, 0.3) is 0 Å². The van der Waals surface area contributed by atoms with E-state index in [0.717, 1.165) is 32.0 Å². The Morgan fingerprint density at radius 3 is 2.77 bits per heavy atom. The molecule has 0 aliphatic carbocycles. The van der Waals surface area contributed by atoms with Gasteiger partial charge < -0.3 is 15.2 Å². The summed E-state index contributed by atoms with van der Waals surface area (Å²) in [5, 5.41) is 5.22. The van der Waals surface area contributed by atoms with Crippen molar-refractivity contribution in [1.29, 1.82) is 0 Å². The lowest BCUT2D eigenvalue weighted by atomic mass is 10.0. The van der Waals surface area contributed by atoms with Crippen molar-refractivity contribution in [2.75, 3.05) is 32.9 Å². The first-order valence-corrected chi connectivity index (χ1v) is 9.21. The van der Waals surface area contributed by atoms with E-state index in [1.165, 1.54) is 38.1 Å². The first-order valence-electron chi connectivity index (χ1n) is 9.21. The second-order valence-corrected chi connectivity index (χ2v) is 7.68. The number of fused-ring (bicyclic) bond motifs is 5. The van der Waals surface area contributed by atoms with E-state index in [1.54, 1.807) is 0 Å². The van der Waals surface area contributed by atoms with Crippen molar-refractivity contribution in [2.45, 2.75) is 13.2 Å². The Morgan fingerprint density at radius 2 is 1.92 bits per heavy atom. The molecule has 0 amide bonds. The average Bonchev–Trinajstić information content (AvgIpc) is 2.95. The quantitative estimate of drug-likeness (QED) is 0.573. The number of aromatic nitrogens is 1. The molecule has 2 N–H and O–H groups in total. The number of benzene rings is 3. The van der Waals surface area contributed by atoms with Crippen LogP contribution in [0.4, 0.5) is 5.69 Å². The molecule has 3 aromatic carbocycles. The number of nitrogen functional groups attached to an aromatic ring is 1. The molecule has 4 heteroatoms. The molecule has 132 valence electrons. The van der Waals surface area contributed by atoms with Crippen molar-refractivity contribution < 1.29 is 0 Å². The zero-order chi connectivity index (χ0) is 17.8. The lowest BCUT2D eigenvalue weighted by Crippen LogP contribution is -2.35. The third-order valence-electron chi connectivity index (χ3n) is 5.57. The van der Waals surface area contributed by atoms with Crippen LogP contribution in [0.3, 0.4) is 0 Å². The molecule has 0 spiro atoms. The van der Waals surface area contributed by atoms with Gasteiger partial charge in [-0.2, -0.15) is 0 Å². The minimum Gasteiger partial charge on any atom is -0.399 e. The maximum atomic E-state index is 6.01. The number of nitrogens with zero attached hydrogens (tertiary/aromatic N) is 3. The van der Waals surface area contributed by atoms with Crippen LogP contribution in [-0.2, 0) is 13.2 Å². The number of nitrogens with two attached hydrogens (primary N) is 1. The summed E-state index contributed by atoms with van der Waals surface area (Å²) in [5.41, 5.74) is 11.0. The van der Waals surface area contributed by atoms with Crippen LogP contribution in [-0.4, -0.2) is 41.6 Å². The molecule has 0 saturated carbocycles. The SMILES string of the molecule is CN(C)CCN1Cc2cccc3c4c5ccc(N)cc5ccc4n(c23)C1. The van der Waals surface area contributed by atoms with Crippen LogP contribution < -0.4 is 5.73 Å². The summed E-state index contributed by atoms with van der Waals surface area (Å²) in [6.45, 7) is 4.12. The van der Waals surface area contributed by atoms with Crippen LogP contribution in [0, 0.1) is 0 Å². The van der Waals surface area contributed by atoms with Gasteiger partial charge in [0.15, 0.2) is 0 Å². The summed E-state index contributed by atoms with van der Waals surface area (Å²) in [6, 6.07) is 17.5. The molecule has 26 heavy (non-hydrogen) atoms. The minimum absolute atomic E-state index is 0.820. The van der Waals surface area contributed by atoms with Gasteiger partial charge in [0, 0.05) is 36.1 Å². The average molecular weight is 344 g/mol. The molecule has 0 bridgehead atoms. The number of rotatable bonds is 3. The predicted molar refractivity (Wildman–Crippen MR) is 110 cm³/mol. The monoisotopic (exact) mass is 344 g/mol. The Balaban J connectivity index is 1.76. The molecule has 1 aliphatic heterocycles. The fraction of sp³-hybridized carbons (Fsp3) is 0.273. The molecular weight excluding hydrogens is 320 g/mol. The van der Waals surface area contributed by atoms with E-state index in [4.69, 9.17) is 5.73 Å². The standard InChI is InChI=1S/C22H24N4/c1-24(2)10-11-25-13-16-4-3-5-19-21-18-8-7-17(23)12-15(18)6-9-20(21)26(14-25)22(16)19/h3-9,12H,10-11,13-14,23H2,1-2H3. The van der Waals surface area contributed by atoms with Gasteiger partial charge in [-0.15, -0.1) is 0 Å². The maximum absolute atomic E-state index is 6.01. The minimum atomic E-state index is 0.820. The normalized spacial score (nSPS) is 14.9. The molecule has 5 rings (SSSR count). The number of anilines is 1. The molecule has 1 aromatic heterocycles. The van der Waals surface area contributed by atoms with Crippen LogP contribution in [0.5, 0.6) is 0 Å². The van der Waals surface area contributed by atoms with Gasteiger partial charge in [-0.1, -0.05) is 30.3 Å². The Kier molecular flexibility index (Phi) is 3.45. The third kappa shape index (κ3) is 2.30. The van der Waals surface area contributed by atoms with Gasteiger partial charge in [0.1, 0.15) is 0 Å². The Labute approximate surface area is 153 Å². The summed E-state index contributed by atoms with van der Waals surface area (Å²) in [5.74, 6) is 0. The third-order valence-corrected chi connectivity index (χ3v) is 5.57. The molecular formula is C22H24N4. The predicted octanol–water partition coefficient (Wildman–Crippen LogP) is 3.86. The number of hydrogen-bond acceptors (Lipinski definition) is 3. The molecule has 4 nitrogen and oxygen atoms in total. The van der Waals surface area contributed by atoms with Crippen LogP contribution in [0.2, 0.25) is 0 Å². The van der Waals surface area contributed by atoms with Gasteiger partial charge in [0.05, 0.1) is 17.7 Å². The van der Waals surface area contributed by atoms with Crippen LogP contribution in [0.15, 0.2) is 48.5 Å². The van der Waals surface area contributed by atoms with E-state index in [2.05, 4.69) is 70.9 Å². The Bertz CT molecular complexity index is 1140. The van der Waals surface area contributed by atoms with E-state index in [1.807, 2.05) is 6.07 Å². The molecule has 0 radical (unpaired) electrons. The van der Waals surface area contributed by atoms with Crippen molar-refractivity contribution >= 4 is 38.3 Å². The number of likely N-dealkylation sites (N-methyl/N-ethyl adjacent to an activating group) is 1. The van der Waals surface area contributed by atoms with Crippen molar-refractivity contribution in [2.24, 2.45) is 0 Å². The zero-order valence-electron chi connectivity index (χ0n) is 15.4. The van der Waals surface area contributed by atoms with Crippen LogP contribution >= 0.6 is 0 Å². The van der Waals surface area contributed by atoms with E-state index in [9.17, 15) is 0 Å². The number of para-hydroxylation sites is 1. The molecule has 1 aliphatic rings. The lowest BCUT2D eigenvalue weighted by molar-refractivity contribution is 0.186. The highest BCUT2D eigenvalue weighted by molar-refractivity contribution is 6.21. The van der Waals surface area contributed by atoms with Gasteiger partial charge >= 0.3 is 0 Å². The van der Waals surface area contributed by atoms with Gasteiger partial charge in [0.2, 0.25) is 0 Å². The summed E-state index contributed by atoms with van der Waals surface area (Å²) >= 11 is 0. The van der Waals surface area contributed by atoms with E-state index in [-0.39, 0.29) is 0 Å². The van der Waals surface area contributed by atoms with E-state index < -0.39 is 0 Å². The molecule has 0 atom stereocenters. The summed E-state index contributed by atoms with van der Waals surface area (Å²) in [4.78, 5) is 4.79. The van der Waals surface area contributed by atoms with Gasteiger partial charge in [-0.3, -0.25) is 4.90 Å². The smallest absolute Gasteiger partial charge is 0.0760 e. The van der Waals surface area contributed by atoms with E-state index in [0.29, 0.717) is 0 Å². The fourth-order valence-corrected chi connectivity index (χ4v) is 4.33. The highest BCUT2D eigenvalue weighted by Gasteiger charge is 2.22. The largest absolute Gasteiger partial charge is 0.399 e. The molecule has 0 saturated heterocycles. The van der Waals surface area contributed by atoms with Gasteiger partial charge in [-0.25, -0.2) is 0 Å². The van der Waals surface area contributed by atoms with E-state index >= 15 is 0 Å². The maximum Gasteiger partial charge on any atom is 0.0760 e. The van der Waals surface area contributed by atoms with Crippen LogP contribution in [0.25, 0.3) is 32.6 Å². The second kappa shape index (κ2) is 5.73. The Hall–Kier alpha value is -2.56. The lowest BCUT2D eigenvalue weighted by Gasteiger charge is -2.30. The fourth-order valence-electron chi connectivity index (χ4n) is 4.33. The molecule has 2 heterocycles. The summed E-state index contributed by atoms with van der Waals surface area (Å²) in [6.07, 6.45) is 0. The molecule has 0 fully saturated rings. The van der Waals surface area contributed by atoms with Crippen LogP contribution in [0.1, 0.15) is 5.56 Å². The highest BCUT2D eigenvalue weighted by Crippen LogP contribution is 2.38. The van der Waals surface area contributed by atoms with Crippen molar-refractivity contribution in [3.05, 3.63) is 54.1 Å². The van der Waals surface area contributed by atoms with Crippen molar-refractivity contribution in [3.8, 4) is 0 Å². The van der Waals surface area contributed by atoms with Gasteiger partial charge in [-0.05, 0) is 48.6 Å². The summed E-state index contributed by atoms with van der Waals surface area (Å²) in [7, 11) is 4.28. The van der Waals surface area contributed by atoms with Crippen molar-refractivity contribution in [3.63, 3.8) is 0 Å². The molecule has 4 aromatic rings. The topological polar surface area (TPSA) is 37.4 Å². The Morgan fingerprint density at radius 1 is 1.04 bits per heavy atom. The first-order chi connectivity index (χ1) is 12.6. The molecule has 0 unspecified atom stereocenters. The van der Waals surface area contributed by atoms with Crippen molar-refractivity contribution in [1.82, 2.24) is 14.4 Å². The highest BCUT2D eigenvalue weighted by atomic mass is 15.3. The second-order valence-electron chi connectivity index (χ2n) is 7.68.